The van der Waals surface area contributed by atoms with E-state index < -0.39 is 17.8 Å². The number of primary amides is 1. The molecule has 9 heteroatoms. The van der Waals surface area contributed by atoms with E-state index in [1.54, 1.807) is 0 Å². The number of anilines is 1. The number of oxime groups is 1. The summed E-state index contributed by atoms with van der Waals surface area (Å²) in [5, 5.41) is 13.9. The monoisotopic (exact) mass is 258 g/mol. The van der Waals surface area contributed by atoms with E-state index in [1.807, 2.05) is 0 Å². The van der Waals surface area contributed by atoms with Crippen LogP contribution >= 0.6 is 11.3 Å². The van der Waals surface area contributed by atoms with Crippen LogP contribution in [0.4, 0.5) is 5.13 Å². The topological polar surface area (TPSA) is 141 Å². The van der Waals surface area contributed by atoms with Crippen molar-refractivity contribution < 1.29 is 19.5 Å². The summed E-state index contributed by atoms with van der Waals surface area (Å²) in [4.78, 5) is 29.7. The molecular formula is C8H10N4O4S. The first-order chi connectivity index (χ1) is 8.00. The van der Waals surface area contributed by atoms with Gasteiger partial charge in [0.15, 0.2) is 5.13 Å². The Morgan fingerprint density at radius 2 is 2.41 bits per heavy atom. The highest BCUT2D eigenvalue weighted by molar-refractivity contribution is 7.13. The fourth-order valence-electron chi connectivity index (χ4n) is 0.951. The van der Waals surface area contributed by atoms with Crippen LogP contribution in [0.25, 0.3) is 0 Å². The number of carbonyl (C=O) groups is 2. The molecule has 0 spiro atoms. The highest BCUT2D eigenvalue weighted by Crippen LogP contribution is 2.20. The molecule has 1 rings (SSSR count). The van der Waals surface area contributed by atoms with Crippen molar-refractivity contribution in [3.05, 3.63) is 11.1 Å². The lowest BCUT2D eigenvalue weighted by Gasteiger charge is -2.07. The third-order valence-electron chi connectivity index (χ3n) is 1.69. The van der Waals surface area contributed by atoms with E-state index >= 15 is 0 Å². The summed E-state index contributed by atoms with van der Waals surface area (Å²) < 4.78 is 0. The lowest BCUT2D eigenvalue weighted by molar-refractivity contribution is -0.140. The minimum Gasteiger partial charge on any atom is -0.481 e. The van der Waals surface area contributed by atoms with E-state index in [0.717, 1.165) is 17.6 Å². The average Bonchev–Trinajstić information content (AvgIpc) is 2.63. The molecule has 0 aromatic carbocycles. The molecule has 0 saturated heterocycles. The molecule has 1 aromatic rings. The van der Waals surface area contributed by atoms with Gasteiger partial charge in [-0.25, -0.2) is 4.98 Å². The first-order valence-corrected chi connectivity index (χ1v) is 5.27. The van der Waals surface area contributed by atoms with Crippen molar-refractivity contribution in [3.8, 4) is 0 Å². The number of carbonyl (C=O) groups excluding carboxylic acids is 1. The van der Waals surface area contributed by atoms with Gasteiger partial charge in [0.2, 0.25) is 0 Å². The number of nitrogens with zero attached hydrogens (tertiary/aromatic N) is 2. The van der Waals surface area contributed by atoms with Crippen LogP contribution in [0.2, 0.25) is 0 Å². The van der Waals surface area contributed by atoms with Crippen LogP contribution < -0.4 is 11.5 Å². The summed E-state index contributed by atoms with van der Waals surface area (Å²) in [6.07, 6.45) is 0.744. The van der Waals surface area contributed by atoms with Gasteiger partial charge in [-0.05, 0) is 0 Å². The molecule has 92 valence electrons. The molecule has 0 saturated carbocycles. The van der Waals surface area contributed by atoms with E-state index in [1.165, 1.54) is 5.38 Å². The van der Waals surface area contributed by atoms with Gasteiger partial charge in [0.25, 0.3) is 5.91 Å². The van der Waals surface area contributed by atoms with Crippen LogP contribution in [0, 0.1) is 0 Å². The number of carboxylic acids is 1. The molecule has 1 atom stereocenters. The second-order valence-corrected chi connectivity index (χ2v) is 3.82. The van der Waals surface area contributed by atoms with Crippen LogP contribution in [-0.4, -0.2) is 34.8 Å². The van der Waals surface area contributed by atoms with E-state index in [9.17, 15) is 9.59 Å². The summed E-state index contributed by atoms with van der Waals surface area (Å²) in [5.74, 6) is -2.90. The SMILES string of the molecule is NC(=O)C=NOCC(C(=O)O)c1csc(N)n1. The second-order valence-electron chi connectivity index (χ2n) is 2.93. The van der Waals surface area contributed by atoms with Gasteiger partial charge in [0, 0.05) is 5.38 Å². The van der Waals surface area contributed by atoms with Gasteiger partial charge >= 0.3 is 5.97 Å². The normalized spacial score (nSPS) is 12.5. The predicted molar refractivity (Wildman–Crippen MR) is 60.5 cm³/mol. The quantitative estimate of drug-likeness (QED) is 0.458. The molecule has 8 nitrogen and oxygen atoms in total. The zero-order valence-corrected chi connectivity index (χ0v) is 9.38. The summed E-state index contributed by atoms with van der Waals surface area (Å²) >= 11 is 1.13. The Bertz CT molecular complexity index is 444. The van der Waals surface area contributed by atoms with Gasteiger partial charge < -0.3 is 21.4 Å². The molecule has 1 aromatic heterocycles. The Morgan fingerprint density at radius 3 is 2.88 bits per heavy atom. The van der Waals surface area contributed by atoms with Gasteiger partial charge in [0.05, 0.1) is 5.69 Å². The van der Waals surface area contributed by atoms with Crippen molar-refractivity contribution in [2.75, 3.05) is 12.3 Å². The number of thiazole rings is 1. The highest BCUT2D eigenvalue weighted by Gasteiger charge is 2.23. The largest absolute Gasteiger partial charge is 0.481 e. The number of rotatable bonds is 6. The van der Waals surface area contributed by atoms with Crippen LogP contribution in [-0.2, 0) is 14.4 Å². The maximum absolute atomic E-state index is 10.9. The number of carboxylic acid groups (broad SMARTS) is 1. The minimum absolute atomic E-state index is 0.262. The average molecular weight is 258 g/mol. The van der Waals surface area contributed by atoms with Crippen molar-refractivity contribution in [3.63, 3.8) is 0 Å². The Morgan fingerprint density at radius 1 is 1.71 bits per heavy atom. The summed E-state index contributed by atoms with van der Waals surface area (Å²) in [7, 11) is 0. The number of hydrogen-bond acceptors (Lipinski definition) is 7. The Labute approximate surface area is 99.9 Å². The van der Waals surface area contributed by atoms with Crippen molar-refractivity contribution in [1.82, 2.24) is 4.98 Å². The van der Waals surface area contributed by atoms with Gasteiger partial charge in [-0.15, -0.1) is 11.3 Å². The molecule has 0 radical (unpaired) electrons. The molecule has 0 bridgehead atoms. The maximum Gasteiger partial charge on any atom is 0.316 e. The Hall–Kier alpha value is -2.16. The maximum atomic E-state index is 10.9. The third kappa shape index (κ3) is 4.07. The number of nitrogens with two attached hydrogens (primary N) is 2. The van der Waals surface area contributed by atoms with E-state index in [2.05, 4.69) is 15.0 Å². The number of nitrogen functional groups attached to an aromatic ring is 1. The lowest BCUT2D eigenvalue weighted by Crippen LogP contribution is -2.18. The highest BCUT2D eigenvalue weighted by atomic mass is 32.1. The predicted octanol–water partition coefficient (Wildman–Crippen LogP) is -0.619. The fraction of sp³-hybridized carbons (Fsp3) is 0.250. The van der Waals surface area contributed by atoms with E-state index in [-0.39, 0.29) is 17.4 Å². The van der Waals surface area contributed by atoms with Crippen molar-refractivity contribution in [1.29, 1.82) is 0 Å². The zero-order chi connectivity index (χ0) is 12.8. The van der Waals surface area contributed by atoms with Crippen LogP contribution in [0.1, 0.15) is 11.6 Å². The Balaban J connectivity index is 2.62. The molecule has 5 N–H and O–H groups in total. The Kier molecular flexibility index (Phi) is 4.40. The van der Waals surface area contributed by atoms with Crippen molar-refractivity contribution >= 4 is 34.6 Å². The minimum atomic E-state index is -1.12. The number of amides is 1. The van der Waals surface area contributed by atoms with Crippen LogP contribution in [0.3, 0.4) is 0 Å². The zero-order valence-electron chi connectivity index (χ0n) is 8.57. The van der Waals surface area contributed by atoms with Gasteiger partial charge in [0.1, 0.15) is 18.7 Å². The van der Waals surface area contributed by atoms with Gasteiger partial charge in [-0.3, -0.25) is 9.59 Å². The number of aliphatic carboxylic acids is 1. The summed E-state index contributed by atoms with van der Waals surface area (Å²) in [6.45, 7) is -0.262. The van der Waals surface area contributed by atoms with E-state index in [4.69, 9.17) is 16.6 Å². The third-order valence-corrected chi connectivity index (χ3v) is 2.38. The molecule has 0 aliphatic rings. The molecule has 1 heterocycles. The molecule has 17 heavy (non-hydrogen) atoms. The number of aromatic nitrogens is 1. The summed E-state index contributed by atoms with van der Waals surface area (Å²) in [5.41, 5.74) is 10.5. The standard InChI is InChI=1S/C8H10N4O4S/c9-6(13)1-11-16-2-4(7(14)15)5-3-17-8(10)12-5/h1,3-4H,2H2,(H2,9,13)(H2,10,12)(H,14,15). The van der Waals surface area contributed by atoms with Gasteiger partial charge in [-0.2, -0.15) is 0 Å². The first kappa shape index (κ1) is 12.9. The van der Waals surface area contributed by atoms with Crippen molar-refractivity contribution in [2.45, 2.75) is 5.92 Å². The van der Waals surface area contributed by atoms with Crippen LogP contribution in [0.15, 0.2) is 10.5 Å². The molecule has 0 fully saturated rings. The smallest absolute Gasteiger partial charge is 0.316 e. The molecule has 0 aliphatic carbocycles. The summed E-state index contributed by atoms with van der Waals surface area (Å²) in [6, 6.07) is 0. The van der Waals surface area contributed by atoms with Gasteiger partial charge in [-0.1, -0.05) is 5.16 Å². The van der Waals surface area contributed by atoms with E-state index in [0.29, 0.717) is 0 Å². The van der Waals surface area contributed by atoms with Crippen molar-refractivity contribution in [2.24, 2.45) is 10.9 Å². The molecule has 1 amide bonds. The fourth-order valence-corrected chi connectivity index (χ4v) is 1.57. The molecule has 1 unspecified atom stereocenters. The number of hydrogen-bond donors (Lipinski definition) is 3. The first-order valence-electron chi connectivity index (χ1n) is 4.39. The van der Waals surface area contributed by atoms with Crippen LogP contribution in [0.5, 0.6) is 0 Å². The second kappa shape index (κ2) is 5.80. The molecular weight excluding hydrogens is 248 g/mol. The lowest BCUT2D eigenvalue weighted by atomic mass is 10.1. The molecule has 0 aliphatic heterocycles.